The summed E-state index contributed by atoms with van der Waals surface area (Å²) in [6.45, 7) is -0.312. The van der Waals surface area contributed by atoms with Crippen molar-refractivity contribution in [2.75, 3.05) is 32.8 Å². The topological polar surface area (TPSA) is 112 Å². The van der Waals surface area contributed by atoms with Crippen molar-refractivity contribution in [2.24, 2.45) is 0 Å². The molecule has 1 aliphatic heterocycles. The zero-order chi connectivity index (χ0) is 20.8. The third-order valence-electron chi connectivity index (χ3n) is 4.12. The minimum Gasteiger partial charge on any atom is -0.493 e. The van der Waals surface area contributed by atoms with Gasteiger partial charge >= 0.3 is 5.97 Å². The Hall–Kier alpha value is -3.75. The normalized spacial score (nSPS) is 12.1. The monoisotopic (exact) mass is 400 g/mol. The third-order valence-corrected chi connectivity index (χ3v) is 4.12. The predicted molar refractivity (Wildman–Crippen MR) is 102 cm³/mol. The van der Waals surface area contributed by atoms with Crippen molar-refractivity contribution in [3.8, 4) is 17.2 Å². The number of hydrogen-bond acceptors (Lipinski definition) is 7. The van der Waals surface area contributed by atoms with Gasteiger partial charge < -0.3 is 29.6 Å². The van der Waals surface area contributed by atoms with E-state index >= 15 is 0 Å². The smallest absolute Gasteiger partial charge is 0.338 e. The standard InChI is InChI=1S/C20H20N2O7/c1-26-15-6-3-12(7-17(15)27-2)9-21-18(23)10-29-20(25)13-4-5-14-16(8-13)28-11-19(24)22-14/h3-8H,9-11H2,1-2H3,(H,21,23)(H,22,24). The molecule has 0 aromatic heterocycles. The first-order valence-corrected chi connectivity index (χ1v) is 8.71. The molecule has 0 radical (unpaired) electrons. The average molecular weight is 400 g/mol. The summed E-state index contributed by atoms with van der Waals surface area (Å²) in [5.41, 5.74) is 1.49. The lowest BCUT2D eigenvalue weighted by Gasteiger charge is -2.18. The van der Waals surface area contributed by atoms with Gasteiger partial charge in [-0.1, -0.05) is 6.07 Å². The summed E-state index contributed by atoms with van der Waals surface area (Å²) in [5.74, 6) is 0.127. The second-order valence-corrected chi connectivity index (χ2v) is 6.09. The molecule has 2 aromatic carbocycles. The van der Waals surface area contributed by atoms with Crippen molar-refractivity contribution in [2.45, 2.75) is 6.54 Å². The summed E-state index contributed by atoms with van der Waals surface area (Å²) < 4.78 is 20.7. The van der Waals surface area contributed by atoms with Crippen molar-refractivity contribution in [3.63, 3.8) is 0 Å². The lowest BCUT2D eigenvalue weighted by molar-refractivity contribution is -0.124. The highest BCUT2D eigenvalue weighted by atomic mass is 16.5. The summed E-state index contributed by atoms with van der Waals surface area (Å²) in [6, 6.07) is 9.76. The molecule has 29 heavy (non-hydrogen) atoms. The fraction of sp³-hybridized carbons (Fsp3) is 0.250. The van der Waals surface area contributed by atoms with Crippen molar-refractivity contribution in [1.82, 2.24) is 5.32 Å². The van der Waals surface area contributed by atoms with Crippen LogP contribution in [0, 0.1) is 0 Å². The van der Waals surface area contributed by atoms with E-state index in [9.17, 15) is 14.4 Å². The second-order valence-electron chi connectivity index (χ2n) is 6.09. The number of rotatable bonds is 7. The first-order chi connectivity index (χ1) is 14.0. The third kappa shape index (κ3) is 4.95. The van der Waals surface area contributed by atoms with Crippen LogP contribution in [0.4, 0.5) is 5.69 Å². The zero-order valence-electron chi connectivity index (χ0n) is 15.9. The first kappa shape index (κ1) is 20.0. The molecular formula is C20H20N2O7. The van der Waals surface area contributed by atoms with Crippen LogP contribution in [0.25, 0.3) is 0 Å². The summed E-state index contributed by atoms with van der Waals surface area (Å²) in [4.78, 5) is 35.4. The average Bonchev–Trinajstić information content (AvgIpc) is 2.75. The number of ether oxygens (including phenoxy) is 4. The summed E-state index contributed by atoms with van der Waals surface area (Å²) in [6.07, 6.45) is 0. The Kier molecular flexibility index (Phi) is 6.18. The van der Waals surface area contributed by atoms with Gasteiger partial charge in [0.05, 0.1) is 25.5 Å². The number of fused-ring (bicyclic) bond motifs is 1. The number of esters is 1. The van der Waals surface area contributed by atoms with Crippen molar-refractivity contribution in [1.29, 1.82) is 0 Å². The molecule has 3 rings (SSSR count). The molecule has 0 fully saturated rings. The number of methoxy groups -OCH3 is 2. The minimum absolute atomic E-state index is 0.121. The largest absolute Gasteiger partial charge is 0.493 e. The Morgan fingerprint density at radius 2 is 1.90 bits per heavy atom. The highest BCUT2D eigenvalue weighted by Crippen LogP contribution is 2.29. The lowest BCUT2D eigenvalue weighted by Crippen LogP contribution is -2.28. The van der Waals surface area contributed by atoms with Crippen LogP contribution in [0.5, 0.6) is 17.2 Å². The molecule has 0 saturated heterocycles. The van der Waals surface area contributed by atoms with E-state index in [1.807, 2.05) is 0 Å². The molecule has 2 amide bonds. The fourth-order valence-electron chi connectivity index (χ4n) is 2.66. The lowest BCUT2D eigenvalue weighted by atomic mass is 10.1. The molecule has 9 nitrogen and oxygen atoms in total. The Morgan fingerprint density at radius 3 is 2.66 bits per heavy atom. The van der Waals surface area contributed by atoms with E-state index in [2.05, 4.69) is 10.6 Å². The van der Waals surface area contributed by atoms with Crippen molar-refractivity contribution >= 4 is 23.5 Å². The van der Waals surface area contributed by atoms with Gasteiger partial charge in [0.1, 0.15) is 5.75 Å². The van der Waals surface area contributed by atoms with E-state index in [4.69, 9.17) is 18.9 Å². The number of hydrogen-bond donors (Lipinski definition) is 2. The minimum atomic E-state index is -0.672. The molecule has 1 aliphatic rings. The highest BCUT2D eigenvalue weighted by Gasteiger charge is 2.19. The first-order valence-electron chi connectivity index (χ1n) is 8.71. The van der Waals surface area contributed by atoms with Gasteiger partial charge in [0.2, 0.25) is 0 Å². The molecule has 9 heteroatoms. The maximum absolute atomic E-state index is 12.2. The number of nitrogens with one attached hydrogen (secondary N) is 2. The van der Waals surface area contributed by atoms with Gasteiger partial charge in [0.25, 0.3) is 11.8 Å². The Morgan fingerprint density at radius 1 is 1.10 bits per heavy atom. The fourth-order valence-corrected chi connectivity index (χ4v) is 2.66. The van der Waals surface area contributed by atoms with E-state index in [-0.39, 0.29) is 24.6 Å². The van der Waals surface area contributed by atoms with Crippen LogP contribution in [-0.2, 0) is 20.9 Å². The Balaban J connectivity index is 1.50. The van der Waals surface area contributed by atoms with E-state index in [1.54, 1.807) is 31.4 Å². The molecule has 0 bridgehead atoms. The molecule has 2 N–H and O–H groups in total. The van der Waals surface area contributed by atoms with Crippen molar-refractivity contribution in [3.05, 3.63) is 47.5 Å². The van der Waals surface area contributed by atoms with Crippen molar-refractivity contribution < 1.29 is 33.3 Å². The summed E-state index contributed by atoms with van der Waals surface area (Å²) in [7, 11) is 3.07. The van der Waals surface area contributed by atoms with E-state index < -0.39 is 18.5 Å². The molecule has 0 spiro atoms. The predicted octanol–water partition coefficient (Wildman–Crippen LogP) is 1.51. The van der Waals surface area contributed by atoms with Gasteiger partial charge in [-0.25, -0.2) is 4.79 Å². The van der Waals surface area contributed by atoms with E-state index in [1.165, 1.54) is 19.2 Å². The summed E-state index contributed by atoms with van der Waals surface area (Å²) >= 11 is 0. The number of carbonyl (C=O) groups excluding carboxylic acids is 3. The quantitative estimate of drug-likeness (QED) is 0.678. The number of carbonyl (C=O) groups is 3. The van der Waals surface area contributed by atoms with Gasteiger partial charge in [-0.3, -0.25) is 9.59 Å². The van der Waals surface area contributed by atoms with Crippen LogP contribution >= 0.6 is 0 Å². The maximum atomic E-state index is 12.2. The van der Waals surface area contributed by atoms with Gasteiger partial charge in [0.15, 0.2) is 24.7 Å². The number of amides is 2. The van der Waals surface area contributed by atoms with Crippen LogP contribution in [-0.4, -0.2) is 45.2 Å². The summed E-state index contributed by atoms with van der Waals surface area (Å²) in [5, 5.41) is 5.29. The van der Waals surface area contributed by atoms with Gasteiger partial charge in [-0.2, -0.15) is 0 Å². The van der Waals surface area contributed by atoms with Gasteiger partial charge in [-0.05, 0) is 35.9 Å². The van der Waals surface area contributed by atoms with Crippen LogP contribution in [0.2, 0.25) is 0 Å². The second kappa shape index (κ2) is 8.96. The Bertz CT molecular complexity index is 942. The molecular weight excluding hydrogens is 380 g/mol. The van der Waals surface area contributed by atoms with Crippen LogP contribution in [0.1, 0.15) is 15.9 Å². The van der Waals surface area contributed by atoms with Gasteiger partial charge in [0, 0.05) is 6.54 Å². The van der Waals surface area contributed by atoms with Crippen LogP contribution in [0.3, 0.4) is 0 Å². The highest BCUT2D eigenvalue weighted by molar-refractivity contribution is 5.97. The SMILES string of the molecule is COc1ccc(CNC(=O)COC(=O)c2ccc3c(c2)OCC(=O)N3)cc1OC. The van der Waals surface area contributed by atoms with E-state index in [0.29, 0.717) is 22.9 Å². The van der Waals surface area contributed by atoms with Crippen LogP contribution in [0.15, 0.2) is 36.4 Å². The molecule has 0 atom stereocenters. The number of benzene rings is 2. The number of anilines is 1. The zero-order valence-corrected chi connectivity index (χ0v) is 15.9. The molecule has 0 aliphatic carbocycles. The van der Waals surface area contributed by atoms with E-state index in [0.717, 1.165) is 5.56 Å². The molecule has 1 heterocycles. The Labute approximate surface area is 166 Å². The molecule has 0 saturated carbocycles. The molecule has 2 aromatic rings. The maximum Gasteiger partial charge on any atom is 0.338 e. The molecule has 152 valence electrons. The molecule has 0 unspecified atom stereocenters. The van der Waals surface area contributed by atoms with Crippen LogP contribution < -0.4 is 24.8 Å². The van der Waals surface area contributed by atoms with Gasteiger partial charge in [-0.15, -0.1) is 0 Å².